The van der Waals surface area contributed by atoms with Crippen LogP contribution < -0.4 is 15.4 Å². The number of anilines is 2. The third kappa shape index (κ3) is 3.17. The molecule has 2 aromatic rings. The smallest absolute Gasteiger partial charge is 0.123 e. The van der Waals surface area contributed by atoms with Crippen LogP contribution in [0.1, 0.15) is 12.5 Å². The fraction of sp³-hybridized carbons (Fsp3) is 0.286. The highest BCUT2D eigenvalue weighted by Crippen LogP contribution is 2.26. The van der Waals surface area contributed by atoms with Gasteiger partial charge in [0.15, 0.2) is 0 Å². The number of rotatable bonds is 5. The summed E-state index contributed by atoms with van der Waals surface area (Å²) in [4.78, 5) is 2.17. The molecule has 2 rings (SSSR count). The zero-order valence-corrected chi connectivity index (χ0v) is 11.5. The molecule has 0 saturated heterocycles. The van der Waals surface area contributed by atoms with Gasteiger partial charge in [-0.25, -0.2) is 0 Å². The molecular weight excluding hydrogens is 244 g/mol. The zero-order chi connectivity index (χ0) is 13.0. The molecule has 96 valence electrons. The Morgan fingerprint density at radius 2 is 2.17 bits per heavy atom. The van der Waals surface area contributed by atoms with Crippen molar-refractivity contribution in [3.8, 4) is 5.75 Å². The van der Waals surface area contributed by atoms with E-state index in [4.69, 9.17) is 10.5 Å². The molecule has 0 aliphatic carbocycles. The first-order chi connectivity index (χ1) is 8.69. The van der Waals surface area contributed by atoms with Crippen molar-refractivity contribution >= 4 is 22.7 Å². The second-order valence-electron chi connectivity index (χ2n) is 4.18. The molecule has 0 atom stereocenters. The Bertz CT molecular complexity index is 497. The summed E-state index contributed by atoms with van der Waals surface area (Å²) >= 11 is 1.72. The molecular formula is C14H18N2OS. The largest absolute Gasteiger partial charge is 0.494 e. The van der Waals surface area contributed by atoms with Gasteiger partial charge in [0.2, 0.25) is 0 Å². The Hall–Kier alpha value is -1.68. The molecule has 18 heavy (non-hydrogen) atoms. The Kier molecular flexibility index (Phi) is 4.10. The summed E-state index contributed by atoms with van der Waals surface area (Å²) in [5.74, 6) is 0.824. The number of ether oxygens (including phenoxy) is 1. The first-order valence-corrected chi connectivity index (χ1v) is 6.89. The van der Waals surface area contributed by atoms with Gasteiger partial charge < -0.3 is 15.4 Å². The summed E-state index contributed by atoms with van der Waals surface area (Å²) in [7, 11) is 2.06. The lowest BCUT2D eigenvalue weighted by atomic mass is 10.2. The van der Waals surface area contributed by atoms with E-state index in [1.54, 1.807) is 11.3 Å². The van der Waals surface area contributed by atoms with E-state index in [1.807, 2.05) is 25.1 Å². The number of nitrogens with zero attached hydrogens (tertiary/aromatic N) is 1. The van der Waals surface area contributed by atoms with E-state index < -0.39 is 0 Å². The number of benzene rings is 1. The first-order valence-electron chi connectivity index (χ1n) is 5.94. The topological polar surface area (TPSA) is 38.5 Å². The number of thiophene rings is 1. The lowest BCUT2D eigenvalue weighted by Crippen LogP contribution is -2.16. The maximum Gasteiger partial charge on any atom is 0.123 e. The molecule has 3 nitrogen and oxygen atoms in total. The van der Waals surface area contributed by atoms with Crippen LogP contribution in [0.2, 0.25) is 0 Å². The third-order valence-electron chi connectivity index (χ3n) is 2.67. The van der Waals surface area contributed by atoms with Gasteiger partial charge in [-0.1, -0.05) is 0 Å². The summed E-state index contributed by atoms with van der Waals surface area (Å²) in [5, 5.41) is 4.25. The van der Waals surface area contributed by atoms with Crippen molar-refractivity contribution in [2.24, 2.45) is 0 Å². The van der Waals surface area contributed by atoms with Gasteiger partial charge in [0.05, 0.1) is 6.61 Å². The fourth-order valence-electron chi connectivity index (χ4n) is 1.82. The SMILES string of the molecule is CCOc1cc(N)cc(N(C)Cc2ccsc2)c1. The zero-order valence-electron chi connectivity index (χ0n) is 10.7. The maximum atomic E-state index is 5.90. The summed E-state index contributed by atoms with van der Waals surface area (Å²) in [6.07, 6.45) is 0. The fourth-order valence-corrected chi connectivity index (χ4v) is 2.48. The molecule has 0 saturated carbocycles. The number of hydrogen-bond acceptors (Lipinski definition) is 4. The standard InChI is InChI=1S/C14H18N2OS/c1-3-17-14-7-12(15)6-13(8-14)16(2)9-11-4-5-18-10-11/h4-8,10H,3,9,15H2,1-2H3. The minimum Gasteiger partial charge on any atom is -0.494 e. The van der Waals surface area contributed by atoms with Gasteiger partial charge in [-0.2, -0.15) is 11.3 Å². The summed E-state index contributed by atoms with van der Waals surface area (Å²) in [5.41, 5.74) is 9.01. The van der Waals surface area contributed by atoms with Gasteiger partial charge in [0.1, 0.15) is 5.75 Å². The molecule has 0 bridgehead atoms. The minimum atomic E-state index is 0.650. The first kappa shape index (κ1) is 12.8. The van der Waals surface area contributed by atoms with Gasteiger partial charge in [0, 0.05) is 37.1 Å². The molecule has 1 heterocycles. The molecule has 0 aliphatic heterocycles. The van der Waals surface area contributed by atoms with Crippen LogP contribution in [0.15, 0.2) is 35.0 Å². The second kappa shape index (κ2) is 5.78. The van der Waals surface area contributed by atoms with E-state index in [-0.39, 0.29) is 0 Å². The van der Waals surface area contributed by atoms with Crippen LogP contribution in [0, 0.1) is 0 Å². The molecule has 4 heteroatoms. The van der Waals surface area contributed by atoms with E-state index in [1.165, 1.54) is 5.56 Å². The quantitative estimate of drug-likeness (QED) is 0.840. The highest BCUT2D eigenvalue weighted by molar-refractivity contribution is 7.07. The summed E-state index contributed by atoms with van der Waals surface area (Å²) in [6, 6.07) is 7.98. The van der Waals surface area contributed by atoms with E-state index in [9.17, 15) is 0 Å². The van der Waals surface area contributed by atoms with E-state index >= 15 is 0 Å². The van der Waals surface area contributed by atoms with Crippen LogP contribution in [0.5, 0.6) is 5.75 Å². The lowest BCUT2D eigenvalue weighted by molar-refractivity contribution is 0.340. The van der Waals surface area contributed by atoms with Crippen LogP contribution in [-0.2, 0) is 6.54 Å². The molecule has 0 unspecified atom stereocenters. The van der Waals surface area contributed by atoms with E-state index in [0.29, 0.717) is 6.61 Å². The summed E-state index contributed by atoms with van der Waals surface area (Å²) < 4.78 is 5.51. The Labute approximate surface area is 112 Å². The Morgan fingerprint density at radius 1 is 1.33 bits per heavy atom. The van der Waals surface area contributed by atoms with Crippen molar-refractivity contribution in [1.82, 2.24) is 0 Å². The van der Waals surface area contributed by atoms with Crippen molar-refractivity contribution in [2.75, 3.05) is 24.3 Å². The monoisotopic (exact) mass is 262 g/mol. The van der Waals surface area contributed by atoms with Crippen molar-refractivity contribution in [3.05, 3.63) is 40.6 Å². The lowest BCUT2D eigenvalue weighted by Gasteiger charge is -2.20. The minimum absolute atomic E-state index is 0.650. The second-order valence-corrected chi connectivity index (χ2v) is 4.96. The predicted molar refractivity (Wildman–Crippen MR) is 78.4 cm³/mol. The molecule has 1 aromatic carbocycles. The van der Waals surface area contributed by atoms with Gasteiger partial charge in [-0.15, -0.1) is 0 Å². The predicted octanol–water partition coefficient (Wildman–Crippen LogP) is 3.37. The average molecular weight is 262 g/mol. The summed E-state index contributed by atoms with van der Waals surface area (Å²) in [6.45, 7) is 3.49. The molecule has 0 fully saturated rings. The van der Waals surface area contributed by atoms with Crippen LogP contribution >= 0.6 is 11.3 Å². The number of hydrogen-bond donors (Lipinski definition) is 1. The molecule has 2 N–H and O–H groups in total. The molecule has 0 radical (unpaired) electrons. The van der Waals surface area contributed by atoms with Crippen LogP contribution in [0.4, 0.5) is 11.4 Å². The van der Waals surface area contributed by atoms with Crippen molar-refractivity contribution in [3.63, 3.8) is 0 Å². The Balaban J connectivity index is 2.16. The van der Waals surface area contributed by atoms with Gasteiger partial charge in [-0.3, -0.25) is 0 Å². The average Bonchev–Trinajstić information content (AvgIpc) is 2.81. The van der Waals surface area contributed by atoms with E-state index in [2.05, 4.69) is 28.8 Å². The number of nitrogens with two attached hydrogens (primary N) is 1. The highest BCUT2D eigenvalue weighted by Gasteiger charge is 2.06. The Morgan fingerprint density at radius 3 is 2.83 bits per heavy atom. The third-order valence-corrected chi connectivity index (χ3v) is 3.40. The van der Waals surface area contributed by atoms with Crippen LogP contribution in [0.25, 0.3) is 0 Å². The molecule has 0 spiro atoms. The van der Waals surface area contributed by atoms with Crippen molar-refractivity contribution in [1.29, 1.82) is 0 Å². The molecule has 0 aliphatic rings. The number of nitrogen functional groups attached to an aromatic ring is 1. The van der Waals surface area contributed by atoms with Crippen molar-refractivity contribution < 1.29 is 4.74 Å². The molecule has 0 amide bonds. The van der Waals surface area contributed by atoms with Crippen LogP contribution in [-0.4, -0.2) is 13.7 Å². The molecule has 1 aromatic heterocycles. The van der Waals surface area contributed by atoms with Gasteiger partial charge >= 0.3 is 0 Å². The maximum absolute atomic E-state index is 5.90. The van der Waals surface area contributed by atoms with Crippen LogP contribution in [0.3, 0.4) is 0 Å². The highest BCUT2D eigenvalue weighted by atomic mass is 32.1. The van der Waals surface area contributed by atoms with Crippen molar-refractivity contribution in [2.45, 2.75) is 13.5 Å². The van der Waals surface area contributed by atoms with E-state index in [0.717, 1.165) is 23.7 Å². The van der Waals surface area contributed by atoms with Gasteiger partial charge in [-0.05, 0) is 35.4 Å². The normalized spacial score (nSPS) is 10.3. The van der Waals surface area contributed by atoms with Gasteiger partial charge in [0.25, 0.3) is 0 Å².